The number of aliphatic hydroxyl groups is 1. The highest BCUT2D eigenvalue weighted by Gasteiger charge is 2.10. The zero-order valence-corrected chi connectivity index (χ0v) is 13.4. The molecule has 6 nitrogen and oxygen atoms in total. The SMILES string of the molecule is CCn1c(=S)[nH]c2cc(C(=O)NCC[C@@H](C)O)ccc2c1=O. The van der Waals surface area contributed by atoms with Gasteiger partial charge < -0.3 is 15.4 Å². The number of aromatic amines is 1. The number of nitrogens with one attached hydrogen (secondary N) is 2. The summed E-state index contributed by atoms with van der Waals surface area (Å²) in [7, 11) is 0. The maximum atomic E-state index is 12.3. The first-order valence-corrected chi connectivity index (χ1v) is 7.58. The van der Waals surface area contributed by atoms with Crippen LogP contribution >= 0.6 is 12.2 Å². The highest BCUT2D eigenvalue weighted by Crippen LogP contribution is 2.11. The minimum atomic E-state index is -0.458. The van der Waals surface area contributed by atoms with E-state index in [-0.39, 0.29) is 11.5 Å². The standard InChI is InChI=1S/C15H19N3O3S/c1-3-18-14(21)11-5-4-10(8-12(11)17-15(18)22)13(20)16-7-6-9(2)19/h4-5,8-9,19H,3,6-7H2,1-2H3,(H,16,20)(H,17,22)/t9-/m1/s1. The van der Waals surface area contributed by atoms with E-state index in [4.69, 9.17) is 12.2 Å². The molecule has 3 N–H and O–H groups in total. The van der Waals surface area contributed by atoms with Crippen molar-refractivity contribution in [3.63, 3.8) is 0 Å². The van der Waals surface area contributed by atoms with Crippen LogP contribution in [0.3, 0.4) is 0 Å². The minimum absolute atomic E-state index is 0.165. The summed E-state index contributed by atoms with van der Waals surface area (Å²) < 4.78 is 1.81. The van der Waals surface area contributed by atoms with Crippen molar-refractivity contribution < 1.29 is 9.90 Å². The molecule has 1 aromatic heterocycles. The average molecular weight is 321 g/mol. The Bertz CT molecular complexity index is 808. The Morgan fingerprint density at radius 1 is 1.50 bits per heavy atom. The zero-order chi connectivity index (χ0) is 16.3. The largest absolute Gasteiger partial charge is 0.393 e. The highest BCUT2D eigenvalue weighted by atomic mass is 32.1. The van der Waals surface area contributed by atoms with Gasteiger partial charge >= 0.3 is 0 Å². The third kappa shape index (κ3) is 3.42. The van der Waals surface area contributed by atoms with E-state index in [0.717, 1.165) is 0 Å². The van der Waals surface area contributed by atoms with E-state index < -0.39 is 6.10 Å². The third-order valence-corrected chi connectivity index (χ3v) is 3.73. The van der Waals surface area contributed by atoms with Crippen LogP contribution in [0.2, 0.25) is 0 Å². The van der Waals surface area contributed by atoms with E-state index in [9.17, 15) is 14.7 Å². The Labute approximate surface area is 132 Å². The number of H-pyrrole nitrogens is 1. The van der Waals surface area contributed by atoms with Gasteiger partial charge in [-0.1, -0.05) is 0 Å². The van der Waals surface area contributed by atoms with Crippen molar-refractivity contribution in [2.24, 2.45) is 0 Å². The van der Waals surface area contributed by atoms with Crippen LogP contribution in [0.15, 0.2) is 23.0 Å². The summed E-state index contributed by atoms with van der Waals surface area (Å²) in [5, 5.41) is 12.4. The van der Waals surface area contributed by atoms with Gasteiger partial charge in [0.2, 0.25) is 0 Å². The van der Waals surface area contributed by atoms with Crippen LogP contribution in [0.5, 0.6) is 0 Å². The van der Waals surface area contributed by atoms with E-state index in [2.05, 4.69) is 10.3 Å². The molecule has 1 atom stereocenters. The van der Waals surface area contributed by atoms with Gasteiger partial charge in [0.05, 0.1) is 17.0 Å². The van der Waals surface area contributed by atoms with Crippen LogP contribution in [0, 0.1) is 4.77 Å². The first-order valence-electron chi connectivity index (χ1n) is 7.17. The van der Waals surface area contributed by atoms with E-state index in [1.807, 2.05) is 6.92 Å². The first kappa shape index (κ1) is 16.4. The van der Waals surface area contributed by atoms with Crippen molar-refractivity contribution >= 4 is 29.0 Å². The van der Waals surface area contributed by atoms with Crippen LogP contribution < -0.4 is 10.9 Å². The summed E-state index contributed by atoms with van der Waals surface area (Å²) in [6, 6.07) is 4.85. The van der Waals surface area contributed by atoms with Crippen molar-refractivity contribution in [2.45, 2.75) is 32.9 Å². The van der Waals surface area contributed by atoms with E-state index >= 15 is 0 Å². The molecular formula is C15H19N3O3S. The highest BCUT2D eigenvalue weighted by molar-refractivity contribution is 7.71. The summed E-state index contributed by atoms with van der Waals surface area (Å²) in [6.45, 7) is 4.40. The summed E-state index contributed by atoms with van der Waals surface area (Å²) >= 11 is 5.15. The lowest BCUT2D eigenvalue weighted by Crippen LogP contribution is -2.27. The number of amides is 1. The minimum Gasteiger partial charge on any atom is -0.393 e. The molecule has 0 saturated carbocycles. The summed E-state index contributed by atoms with van der Waals surface area (Å²) in [5.41, 5.74) is 0.822. The molecular weight excluding hydrogens is 302 g/mol. The second-order valence-electron chi connectivity index (χ2n) is 5.13. The number of nitrogens with zero attached hydrogens (tertiary/aromatic N) is 1. The fraction of sp³-hybridized carbons (Fsp3) is 0.400. The number of hydrogen-bond donors (Lipinski definition) is 3. The second kappa shape index (κ2) is 6.85. The molecule has 7 heteroatoms. The normalized spacial score (nSPS) is 12.3. The van der Waals surface area contributed by atoms with Crippen molar-refractivity contribution in [1.29, 1.82) is 0 Å². The Kier molecular flexibility index (Phi) is 5.10. The molecule has 0 unspecified atom stereocenters. The number of benzene rings is 1. The molecule has 0 aliphatic carbocycles. The topological polar surface area (TPSA) is 87.1 Å². The van der Waals surface area contributed by atoms with Gasteiger partial charge in [0, 0.05) is 18.7 Å². The number of aromatic nitrogens is 2. The monoisotopic (exact) mass is 321 g/mol. The number of carbonyl (C=O) groups excluding carboxylic acids is 1. The van der Waals surface area contributed by atoms with Crippen molar-refractivity contribution in [3.8, 4) is 0 Å². The van der Waals surface area contributed by atoms with Crippen LogP contribution in [0.1, 0.15) is 30.6 Å². The molecule has 22 heavy (non-hydrogen) atoms. The van der Waals surface area contributed by atoms with Gasteiger partial charge in [0.1, 0.15) is 0 Å². The van der Waals surface area contributed by atoms with Gasteiger partial charge in [-0.15, -0.1) is 0 Å². The van der Waals surface area contributed by atoms with Gasteiger partial charge in [-0.3, -0.25) is 14.2 Å². The lowest BCUT2D eigenvalue weighted by atomic mass is 10.1. The third-order valence-electron chi connectivity index (χ3n) is 3.41. The number of rotatable bonds is 5. The van der Waals surface area contributed by atoms with E-state index in [1.54, 1.807) is 25.1 Å². The number of fused-ring (bicyclic) bond motifs is 1. The Balaban J connectivity index is 2.33. The molecule has 0 saturated heterocycles. The summed E-state index contributed by atoms with van der Waals surface area (Å²) in [5.74, 6) is -0.249. The maximum Gasteiger partial charge on any atom is 0.262 e. The first-order chi connectivity index (χ1) is 10.4. The fourth-order valence-corrected chi connectivity index (χ4v) is 2.50. The molecule has 0 aliphatic heterocycles. The molecule has 0 radical (unpaired) electrons. The van der Waals surface area contributed by atoms with Crippen molar-refractivity contribution in [1.82, 2.24) is 14.9 Å². The zero-order valence-electron chi connectivity index (χ0n) is 12.5. The number of aliphatic hydroxyl groups excluding tert-OH is 1. The fourth-order valence-electron chi connectivity index (χ4n) is 2.18. The van der Waals surface area contributed by atoms with Crippen LogP contribution in [0.4, 0.5) is 0 Å². The van der Waals surface area contributed by atoms with Crippen LogP contribution in [-0.4, -0.2) is 33.2 Å². The van der Waals surface area contributed by atoms with Crippen LogP contribution in [0.25, 0.3) is 10.9 Å². The molecule has 0 spiro atoms. The Morgan fingerprint density at radius 3 is 2.86 bits per heavy atom. The van der Waals surface area contributed by atoms with Gasteiger partial charge in [-0.05, 0) is 50.7 Å². The summed E-state index contributed by atoms with van der Waals surface area (Å²) in [4.78, 5) is 27.3. The lowest BCUT2D eigenvalue weighted by molar-refractivity contribution is 0.0945. The Hall–Kier alpha value is -1.99. The number of carbonyl (C=O) groups is 1. The molecule has 0 fully saturated rings. The molecule has 1 heterocycles. The predicted molar refractivity (Wildman–Crippen MR) is 87.7 cm³/mol. The molecule has 118 valence electrons. The quantitative estimate of drug-likeness (QED) is 0.730. The smallest absolute Gasteiger partial charge is 0.262 e. The second-order valence-corrected chi connectivity index (χ2v) is 5.52. The predicted octanol–water partition coefficient (Wildman–Crippen LogP) is 1.58. The lowest BCUT2D eigenvalue weighted by Gasteiger charge is -2.09. The van der Waals surface area contributed by atoms with Crippen LogP contribution in [-0.2, 0) is 6.54 Å². The van der Waals surface area contributed by atoms with Crippen molar-refractivity contribution in [3.05, 3.63) is 38.9 Å². The number of hydrogen-bond acceptors (Lipinski definition) is 4. The van der Waals surface area contributed by atoms with Gasteiger partial charge in [-0.25, -0.2) is 0 Å². The van der Waals surface area contributed by atoms with Crippen molar-refractivity contribution in [2.75, 3.05) is 6.54 Å². The average Bonchev–Trinajstić information content (AvgIpc) is 2.46. The molecule has 0 aliphatic rings. The van der Waals surface area contributed by atoms with E-state index in [1.165, 1.54) is 4.57 Å². The summed E-state index contributed by atoms with van der Waals surface area (Å²) in [6.07, 6.45) is 0.0312. The van der Waals surface area contributed by atoms with Gasteiger partial charge in [-0.2, -0.15) is 0 Å². The maximum absolute atomic E-state index is 12.3. The van der Waals surface area contributed by atoms with E-state index in [0.29, 0.717) is 40.7 Å². The molecule has 2 rings (SSSR count). The molecule has 1 amide bonds. The molecule has 0 bridgehead atoms. The molecule has 1 aromatic carbocycles. The van der Waals surface area contributed by atoms with Gasteiger partial charge in [0.25, 0.3) is 11.5 Å². The Morgan fingerprint density at radius 2 is 2.23 bits per heavy atom. The van der Waals surface area contributed by atoms with Gasteiger partial charge in [0.15, 0.2) is 4.77 Å². The molecule has 2 aromatic rings.